The smallest absolute Gasteiger partial charge is 0.416 e. The van der Waals surface area contributed by atoms with Crippen LogP contribution in [0.25, 0.3) is 0 Å². The molecule has 1 aliphatic heterocycles. The second kappa shape index (κ2) is 9.16. The Morgan fingerprint density at radius 3 is 2.31 bits per heavy atom. The van der Waals surface area contributed by atoms with Gasteiger partial charge >= 0.3 is 6.18 Å². The topological polar surface area (TPSA) is 59.7 Å². The van der Waals surface area contributed by atoms with Gasteiger partial charge < -0.3 is 14.7 Å². The highest BCUT2D eigenvalue weighted by atomic mass is 19.4. The van der Waals surface area contributed by atoms with E-state index in [1.54, 1.807) is 6.07 Å². The lowest BCUT2D eigenvalue weighted by molar-refractivity contribution is -0.137. The molecule has 3 rings (SSSR count). The number of anilines is 1. The molecule has 5 nitrogen and oxygen atoms in total. The van der Waals surface area contributed by atoms with Crippen LogP contribution in [0, 0.1) is 11.3 Å². The molecule has 1 atom stereocenters. The van der Waals surface area contributed by atoms with Gasteiger partial charge in [-0.25, -0.2) is 0 Å². The Morgan fingerprint density at radius 1 is 1.03 bits per heavy atom. The fourth-order valence-corrected chi connectivity index (χ4v) is 3.30. The number of aliphatic hydroxyl groups excluding tert-OH is 1. The summed E-state index contributed by atoms with van der Waals surface area (Å²) in [6, 6.07) is 14.1. The molecule has 8 heteroatoms. The molecule has 1 N–H and O–H groups in total. The Labute approximate surface area is 167 Å². The van der Waals surface area contributed by atoms with Crippen molar-refractivity contribution in [3.63, 3.8) is 0 Å². The van der Waals surface area contributed by atoms with E-state index < -0.39 is 17.8 Å². The van der Waals surface area contributed by atoms with Gasteiger partial charge in [0, 0.05) is 32.7 Å². The molecule has 0 saturated carbocycles. The van der Waals surface area contributed by atoms with E-state index in [0.717, 1.165) is 44.0 Å². The Bertz CT molecular complexity index is 841. The Hall–Kier alpha value is -2.76. The number of aliphatic hydroxyl groups is 1. The molecule has 0 radical (unpaired) electrons. The minimum Gasteiger partial charge on any atom is -0.491 e. The zero-order valence-electron chi connectivity index (χ0n) is 15.8. The zero-order chi connectivity index (χ0) is 20.9. The minimum absolute atomic E-state index is 0.00282. The van der Waals surface area contributed by atoms with E-state index in [-0.39, 0.29) is 12.4 Å². The number of nitriles is 1. The quantitative estimate of drug-likeness (QED) is 0.800. The minimum atomic E-state index is -4.38. The van der Waals surface area contributed by atoms with E-state index in [0.29, 0.717) is 12.1 Å². The summed E-state index contributed by atoms with van der Waals surface area (Å²) in [4.78, 5) is 4.26. The van der Waals surface area contributed by atoms with Crippen molar-refractivity contribution in [2.75, 3.05) is 44.2 Å². The maximum absolute atomic E-state index is 12.6. The van der Waals surface area contributed by atoms with Crippen molar-refractivity contribution >= 4 is 5.69 Å². The first-order valence-corrected chi connectivity index (χ1v) is 9.31. The summed E-state index contributed by atoms with van der Waals surface area (Å²) in [7, 11) is 0. The van der Waals surface area contributed by atoms with Crippen molar-refractivity contribution in [2.45, 2.75) is 12.3 Å². The van der Waals surface area contributed by atoms with Gasteiger partial charge in [0.05, 0.1) is 16.8 Å². The SMILES string of the molecule is N#Cc1ccccc1N1CCN(C[C@@H](O)COc2ccc(C(F)(F)F)cc2)CC1. The van der Waals surface area contributed by atoms with Crippen molar-refractivity contribution in [1.82, 2.24) is 4.90 Å². The van der Waals surface area contributed by atoms with Crippen LogP contribution >= 0.6 is 0 Å². The average Bonchev–Trinajstić information content (AvgIpc) is 2.72. The van der Waals surface area contributed by atoms with Gasteiger partial charge in [-0.3, -0.25) is 4.90 Å². The molecule has 2 aromatic carbocycles. The molecule has 0 aromatic heterocycles. The molecule has 29 heavy (non-hydrogen) atoms. The molecule has 1 heterocycles. The third-order valence-electron chi connectivity index (χ3n) is 4.83. The van der Waals surface area contributed by atoms with Crippen LogP contribution in [0.15, 0.2) is 48.5 Å². The fourth-order valence-electron chi connectivity index (χ4n) is 3.30. The number of hydrogen-bond acceptors (Lipinski definition) is 5. The number of ether oxygens (including phenoxy) is 1. The lowest BCUT2D eigenvalue weighted by Gasteiger charge is -2.37. The van der Waals surface area contributed by atoms with Crippen LogP contribution in [0.3, 0.4) is 0 Å². The summed E-state index contributed by atoms with van der Waals surface area (Å²) in [5, 5.41) is 19.4. The summed E-state index contributed by atoms with van der Waals surface area (Å²) in [5.41, 5.74) is 0.827. The fraction of sp³-hybridized carbons (Fsp3) is 0.381. The Kier molecular flexibility index (Phi) is 6.62. The van der Waals surface area contributed by atoms with Crippen molar-refractivity contribution < 1.29 is 23.0 Å². The second-order valence-corrected chi connectivity index (χ2v) is 6.90. The third-order valence-corrected chi connectivity index (χ3v) is 4.83. The first-order valence-electron chi connectivity index (χ1n) is 9.31. The van der Waals surface area contributed by atoms with E-state index in [1.165, 1.54) is 12.1 Å². The number of alkyl halides is 3. The predicted molar refractivity (Wildman–Crippen MR) is 103 cm³/mol. The van der Waals surface area contributed by atoms with Crippen LogP contribution in [0.1, 0.15) is 11.1 Å². The average molecular weight is 405 g/mol. The molecule has 0 spiro atoms. The highest BCUT2D eigenvalue weighted by Gasteiger charge is 2.30. The molecule has 0 bridgehead atoms. The predicted octanol–water partition coefficient (Wildman–Crippen LogP) is 3.14. The molecule has 1 aliphatic rings. The summed E-state index contributed by atoms with van der Waals surface area (Å²) in [6.45, 7) is 3.36. The zero-order valence-corrected chi connectivity index (χ0v) is 15.8. The number of rotatable bonds is 6. The maximum atomic E-state index is 12.6. The lowest BCUT2D eigenvalue weighted by atomic mass is 10.1. The van der Waals surface area contributed by atoms with Crippen molar-refractivity contribution in [3.05, 3.63) is 59.7 Å². The number of nitrogens with zero attached hydrogens (tertiary/aromatic N) is 3. The molecule has 154 valence electrons. The van der Waals surface area contributed by atoms with Crippen LogP contribution in [0.2, 0.25) is 0 Å². The number of halogens is 3. The molecule has 2 aromatic rings. The Balaban J connectivity index is 1.44. The monoisotopic (exact) mass is 405 g/mol. The van der Waals surface area contributed by atoms with Gasteiger partial charge in [0.2, 0.25) is 0 Å². The van der Waals surface area contributed by atoms with Gasteiger partial charge in [0.1, 0.15) is 24.5 Å². The summed E-state index contributed by atoms with van der Waals surface area (Å²) in [6.07, 6.45) is -5.14. The van der Waals surface area contributed by atoms with Gasteiger partial charge in [-0.05, 0) is 36.4 Å². The van der Waals surface area contributed by atoms with Crippen molar-refractivity contribution in [3.8, 4) is 11.8 Å². The number of β-amino-alcohol motifs (C(OH)–C–C–N with tert-alkyl or cyclic N) is 1. The van der Waals surface area contributed by atoms with Gasteiger partial charge in [-0.2, -0.15) is 18.4 Å². The highest BCUT2D eigenvalue weighted by Crippen LogP contribution is 2.30. The van der Waals surface area contributed by atoms with E-state index in [4.69, 9.17) is 4.74 Å². The standard InChI is InChI=1S/C21H22F3N3O2/c22-21(23,24)17-5-7-19(8-6-17)29-15-18(28)14-26-9-11-27(12-10-26)20-4-2-1-3-16(20)13-25/h1-8,18,28H,9-12,14-15H2/t18-/m1/s1. The molecule has 1 fully saturated rings. The van der Waals surface area contributed by atoms with Crippen LogP contribution in [-0.4, -0.2) is 55.4 Å². The summed E-state index contributed by atoms with van der Waals surface area (Å²) in [5.74, 6) is 0.287. The largest absolute Gasteiger partial charge is 0.491 e. The number of para-hydroxylation sites is 1. The summed E-state index contributed by atoms with van der Waals surface area (Å²) >= 11 is 0. The van der Waals surface area contributed by atoms with Crippen LogP contribution in [-0.2, 0) is 6.18 Å². The van der Waals surface area contributed by atoms with Gasteiger partial charge in [0.25, 0.3) is 0 Å². The number of piperazine rings is 1. The van der Waals surface area contributed by atoms with Crippen molar-refractivity contribution in [2.24, 2.45) is 0 Å². The molecular weight excluding hydrogens is 383 g/mol. The molecule has 0 unspecified atom stereocenters. The van der Waals surface area contributed by atoms with Gasteiger partial charge in [0.15, 0.2) is 0 Å². The highest BCUT2D eigenvalue weighted by molar-refractivity contribution is 5.59. The van der Waals surface area contributed by atoms with Crippen LogP contribution < -0.4 is 9.64 Å². The summed E-state index contributed by atoms with van der Waals surface area (Å²) < 4.78 is 43.1. The van der Waals surface area contributed by atoms with E-state index in [2.05, 4.69) is 15.9 Å². The normalized spacial score (nSPS) is 16.3. The van der Waals surface area contributed by atoms with Crippen LogP contribution in [0.5, 0.6) is 5.75 Å². The maximum Gasteiger partial charge on any atom is 0.416 e. The van der Waals surface area contributed by atoms with E-state index >= 15 is 0 Å². The molecule has 1 saturated heterocycles. The first kappa shape index (κ1) is 21.0. The second-order valence-electron chi connectivity index (χ2n) is 6.90. The lowest BCUT2D eigenvalue weighted by Crippen LogP contribution is -2.49. The number of benzene rings is 2. The molecule has 0 aliphatic carbocycles. The molecule has 0 amide bonds. The third kappa shape index (κ3) is 5.62. The van der Waals surface area contributed by atoms with E-state index in [1.807, 2.05) is 18.2 Å². The number of hydrogen-bond donors (Lipinski definition) is 1. The van der Waals surface area contributed by atoms with Crippen LogP contribution in [0.4, 0.5) is 18.9 Å². The van der Waals surface area contributed by atoms with Gasteiger partial charge in [-0.15, -0.1) is 0 Å². The van der Waals surface area contributed by atoms with Crippen molar-refractivity contribution in [1.29, 1.82) is 5.26 Å². The Morgan fingerprint density at radius 2 is 1.69 bits per heavy atom. The first-order chi connectivity index (χ1) is 13.9. The molecular formula is C21H22F3N3O2. The van der Waals surface area contributed by atoms with Gasteiger partial charge in [-0.1, -0.05) is 12.1 Å². The van der Waals surface area contributed by atoms with E-state index in [9.17, 15) is 23.5 Å².